The zero-order valence-corrected chi connectivity index (χ0v) is 14.3. The lowest BCUT2D eigenvalue weighted by Crippen LogP contribution is -2.23. The lowest BCUT2D eigenvalue weighted by Gasteiger charge is -2.20. The van der Waals surface area contributed by atoms with Crippen LogP contribution in [0.15, 0.2) is 47.4 Å². The number of nitrogens with one attached hydrogen (secondary N) is 1. The van der Waals surface area contributed by atoms with Gasteiger partial charge < -0.3 is 5.32 Å². The average molecular weight is 299 g/mol. The second-order valence-corrected chi connectivity index (χ2v) is 6.61. The molecule has 1 unspecified atom stereocenters. The summed E-state index contributed by atoms with van der Waals surface area (Å²) in [5.74, 6) is 1.06. The van der Waals surface area contributed by atoms with Gasteiger partial charge in [-0.1, -0.05) is 48.9 Å². The van der Waals surface area contributed by atoms with Crippen LogP contribution in [0.3, 0.4) is 0 Å². The monoisotopic (exact) mass is 299 g/mol. The van der Waals surface area contributed by atoms with Crippen LogP contribution in [0.5, 0.6) is 0 Å². The van der Waals surface area contributed by atoms with E-state index in [1.165, 1.54) is 27.1 Å². The molecule has 0 saturated heterocycles. The van der Waals surface area contributed by atoms with E-state index < -0.39 is 0 Å². The molecule has 0 aliphatic rings. The molecule has 0 radical (unpaired) electrons. The molecule has 0 saturated carbocycles. The third kappa shape index (κ3) is 4.36. The maximum Gasteiger partial charge on any atom is 0.0417 e. The zero-order valence-electron chi connectivity index (χ0n) is 13.4. The van der Waals surface area contributed by atoms with Crippen LogP contribution < -0.4 is 5.32 Å². The van der Waals surface area contributed by atoms with Gasteiger partial charge in [0.2, 0.25) is 0 Å². The molecule has 2 aromatic carbocycles. The highest BCUT2D eigenvalue weighted by atomic mass is 32.2. The summed E-state index contributed by atoms with van der Waals surface area (Å²) in [5.41, 5.74) is 5.48. The number of thioether (sulfide) groups is 1. The van der Waals surface area contributed by atoms with Gasteiger partial charge in [-0.25, -0.2) is 0 Å². The molecule has 2 heteroatoms. The SMILES string of the molecule is CCNC(CSc1cc(C)ccc1C)c1ccccc1C. The Hall–Kier alpha value is -1.25. The van der Waals surface area contributed by atoms with Crippen LogP contribution in [0.4, 0.5) is 0 Å². The quantitative estimate of drug-likeness (QED) is 0.749. The number of hydrogen-bond acceptors (Lipinski definition) is 2. The first-order valence-corrected chi connectivity index (χ1v) is 8.59. The number of aryl methyl sites for hydroxylation is 3. The van der Waals surface area contributed by atoms with Crippen LogP contribution in [0.25, 0.3) is 0 Å². The molecule has 2 aromatic rings. The van der Waals surface area contributed by atoms with Gasteiger partial charge in [0.05, 0.1) is 0 Å². The van der Waals surface area contributed by atoms with Crippen molar-refractivity contribution in [2.45, 2.75) is 38.6 Å². The third-order valence-corrected chi connectivity index (χ3v) is 5.01. The normalized spacial score (nSPS) is 12.4. The van der Waals surface area contributed by atoms with Crippen LogP contribution in [-0.2, 0) is 0 Å². The van der Waals surface area contributed by atoms with E-state index in [0.29, 0.717) is 6.04 Å². The summed E-state index contributed by atoms with van der Waals surface area (Å²) in [4.78, 5) is 1.39. The molecule has 112 valence electrons. The minimum Gasteiger partial charge on any atom is -0.309 e. The standard InChI is InChI=1S/C19H25NS/c1-5-20-18(17-9-7-6-8-15(17)3)13-21-19-12-14(2)10-11-16(19)4/h6-12,18,20H,5,13H2,1-4H3. The summed E-state index contributed by atoms with van der Waals surface area (Å²) in [7, 11) is 0. The molecule has 2 rings (SSSR count). The first kappa shape index (κ1) is 16.1. The van der Waals surface area contributed by atoms with E-state index in [2.05, 4.69) is 75.5 Å². The van der Waals surface area contributed by atoms with Crippen molar-refractivity contribution in [2.24, 2.45) is 0 Å². The minimum atomic E-state index is 0.404. The van der Waals surface area contributed by atoms with Gasteiger partial charge in [-0.15, -0.1) is 11.8 Å². The van der Waals surface area contributed by atoms with Crippen molar-refractivity contribution < 1.29 is 0 Å². The van der Waals surface area contributed by atoms with E-state index in [4.69, 9.17) is 0 Å². The fraction of sp³-hybridized carbons (Fsp3) is 0.368. The first-order valence-electron chi connectivity index (χ1n) is 7.60. The summed E-state index contributed by atoms with van der Waals surface area (Å²) in [6, 6.07) is 15.8. The van der Waals surface area contributed by atoms with Gasteiger partial charge in [0.25, 0.3) is 0 Å². The van der Waals surface area contributed by atoms with E-state index in [9.17, 15) is 0 Å². The van der Waals surface area contributed by atoms with Crippen molar-refractivity contribution in [3.05, 3.63) is 64.7 Å². The Kier molecular flexibility index (Phi) is 5.89. The van der Waals surface area contributed by atoms with Crippen LogP contribution in [-0.4, -0.2) is 12.3 Å². The lowest BCUT2D eigenvalue weighted by atomic mass is 10.0. The van der Waals surface area contributed by atoms with Gasteiger partial charge in [-0.05, 0) is 50.1 Å². The van der Waals surface area contributed by atoms with Crippen LogP contribution in [0.2, 0.25) is 0 Å². The molecular formula is C19H25NS. The van der Waals surface area contributed by atoms with E-state index in [1.807, 2.05) is 11.8 Å². The van der Waals surface area contributed by atoms with Gasteiger partial charge in [-0.3, -0.25) is 0 Å². The van der Waals surface area contributed by atoms with Crippen LogP contribution in [0, 0.1) is 20.8 Å². The van der Waals surface area contributed by atoms with E-state index >= 15 is 0 Å². The predicted molar refractivity (Wildman–Crippen MR) is 94.2 cm³/mol. The molecule has 0 amide bonds. The molecule has 0 fully saturated rings. The minimum absolute atomic E-state index is 0.404. The Morgan fingerprint density at radius 2 is 1.76 bits per heavy atom. The molecule has 1 N–H and O–H groups in total. The largest absolute Gasteiger partial charge is 0.309 e. The van der Waals surface area contributed by atoms with Crippen LogP contribution in [0.1, 0.15) is 35.2 Å². The summed E-state index contributed by atoms with van der Waals surface area (Å²) in [6.07, 6.45) is 0. The highest BCUT2D eigenvalue weighted by Crippen LogP contribution is 2.29. The molecule has 0 spiro atoms. The summed E-state index contributed by atoms with van der Waals surface area (Å²) in [6.45, 7) is 9.72. The molecule has 0 heterocycles. The lowest BCUT2D eigenvalue weighted by molar-refractivity contribution is 0.603. The molecule has 1 nitrogen and oxygen atoms in total. The van der Waals surface area contributed by atoms with E-state index in [0.717, 1.165) is 12.3 Å². The van der Waals surface area contributed by atoms with Crippen LogP contribution >= 0.6 is 11.8 Å². The Balaban J connectivity index is 2.14. The molecule has 0 aromatic heterocycles. The molecule has 0 bridgehead atoms. The predicted octanol–water partition coefficient (Wildman–Crippen LogP) is 5.05. The Bertz CT molecular complexity index is 592. The van der Waals surface area contributed by atoms with Gasteiger partial charge in [-0.2, -0.15) is 0 Å². The zero-order chi connectivity index (χ0) is 15.2. The van der Waals surface area contributed by atoms with Gasteiger partial charge in [0.1, 0.15) is 0 Å². The summed E-state index contributed by atoms with van der Waals surface area (Å²) in [5, 5.41) is 3.62. The molecule has 0 aliphatic carbocycles. The second kappa shape index (κ2) is 7.67. The van der Waals surface area contributed by atoms with Crippen molar-refractivity contribution in [1.82, 2.24) is 5.32 Å². The fourth-order valence-electron chi connectivity index (χ4n) is 2.52. The highest BCUT2D eigenvalue weighted by Gasteiger charge is 2.13. The number of benzene rings is 2. The Labute approximate surface area is 133 Å². The molecule has 1 atom stereocenters. The van der Waals surface area contributed by atoms with E-state index in [1.54, 1.807) is 0 Å². The van der Waals surface area contributed by atoms with Crippen molar-refractivity contribution >= 4 is 11.8 Å². The second-order valence-electron chi connectivity index (χ2n) is 5.55. The first-order chi connectivity index (χ1) is 10.1. The Morgan fingerprint density at radius 3 is 2.48 bits per heavy atom. The number of rotatable bonds is 6. The van der Waals surface area contributed by atoms with E-state index in [-0.39, 0.29) is 0 Å². The number of hydrogen-bond donors (Lipinski definition) is 1. The van der Waals surface area contributed by atoms with Crippen molar-refractivity contribution in [3.63, 3.8) is 0 Å². The third-order valence-electron chi connectivity index (χ3n) is 3.76. The smallest absolute Gasteiger partial charge is 0.0417 e. The molecular weight excluding hydrogens is 274 g/mol. The fourth-order valence-corrected chi connectivity index (χ4v) is 3.73. The molecule has 21 heavy (non-hydrogen) atoms. The van der Waals surface area contributed by atoms with Gasteiger partial charge in [0.15, 0.2) is 0 Å². The maximum atomic E-state index is 3.62. The average Bonchev–Trinajstić information content (AvgIpc) is 2.47. The molecule has 0 aliphatic heterocycles. The van der Waals surface area contributed by atoms with Crippen molar-refractivity contribution in [1.29, 1.82) is 0 Å². The van der Waals surface area contributed by atoms with Crippen molar-refractivity contribution in [3.8, 4) is 0 Å². The van der Waals surface area contributed by atoms with Gasteiger partial charge >= 0.3 is 0 Å². The summed E-state index contributed by atoms with van der Waals surface area (Å²) >= 11 is 1.95. The highest BCUT2D eigenvalue weighted by molar-refractivity contribution is 7.99. The Morgan fingerprint density at radius 1 is 1.00 bits per heavy atom. The van der Waals surface area contributed by atoms with Crippen molar-refractivity contribution in [2.75, 3.05) is 12.3 Å². The summed E-state index contributed by atoms with van der Waals surface area (Å²) < 4.78 is 0. The maximum absolute atomic E-state index is 3.62. The van der Waals surface area contributed by atoms with Gasteiger partial charge in [0, 0.05) is 16.7 Å². The topological polar surface area (TPSA) is 12.0 Å².